The maximum absolute atomic E-state index is 12.5. The molecule has 2 aromatic carbocycles. The molecule has 0 aliphatic carbocycles. The number of hydrogen-bond acceptors (Lipinski definition) is 6. The van der Waals surface area contributed by atoms with Crippen LogP contribution in [-0.4, -0.2) is 27.7 Å². The number of carbonyl (C=O) groups excluding carboxylic acids is 1. The van der Waals surface area contributed by atoms with Gasteiger partial charge >= 0.3 is 0 Å². The second kappa shape index (κ2) is 8.19. The average molecular weight is 417 g/mol. The minimum Gasteiger partial charge on any atom is -0.493 e. The van der Waals surface area contributed by atoms with Gasteiger partial charge in [0.15, 0.2) is 17.2 Å². The van der Waals surface area contributed by atoms with Gasteiger partial charge in [-0.25, -0.2) is 0 Å². The summed E-state index contributed by atoms with van der Waals surface area (Å²) in [6.07, 6.45) is 0. The Morgan fingerprint density at radius 1 is 1.24 bits per heavy atom. The van der Waals surface area contributed by atoms with Crippen LogP contribution in [0.25, 0.3) is 0 Å². The van der Waals surface area contributed by atoms with Gasteiger partial charge in [0.1, 0.15) is 5.75 Å². The fourth-order valence-corrected chi connectivity index (χ4v) is 2.81. The van der Waals surface area contributed by atoms with Crippen LogP contribution < -0.4 is 14.8 Å². The van der Waals surface area contributed by atoms with Crippen LogP contribution in [0.15, 0.2) is 42.5 Å². The van der Waals surface area contributed by atoms with Gasteiger partial charge in [0.05, 0.1) is 34.5 Å². The summed E-state index contributed by atoms with van der Waals surface area (Å²) in [6, 6.07) is 10.8. The van der Waals surface area contributed by atoms with Crippen molar-refractivity contribution in [2.45, 2.75) is 6.92 Å². The molecule has 29 heavy (non-hydrogen) atoms. The van der Waals surface area contributed by atoms with E-state index >= 15 is 0 Å². The number of hydrogen-bond donors (Lipinski definition) is 1. The van der Waals surface area contributed by atoms with Crippen molar-refractivity contribution in [3.8, 4) is 17.2 Å². The molecule has 0 unspecified atom stereocenters. The highest BCUT2D eigenvalue weighted by Crippen LogP contribution is 2.34. The number of nitrogens with zero attached hydrogens (tertiary/aromatic N) is 3. The molecule has 9 nitrogen and oxygen atoms in total. The Labute approximate surface area is 171 Å². The fraction of sp³-hybridized carbons (Fsp3) is 0.158. The number of amides is 1. The number of nitro benzene ring substituents is 1. The number of methoxy groups -OCH3 is 1. The van der Waals surface area contributed by atoms with E-state index in [1.165, 1.54) is 30.0 Å². The minimum atomic E-state index is -0.595. The molecule has 0 aliphatic rings. The molecule has 3 aromatic rings. The zero-order valence-corrected chi connectivity index (χ0v) is 16.6. The van der Waals surface area contributed by atoms with Crippen LogP contribution in [0, 0.1) is 17.0 Å². The van der Waals surface area contributed by atoms with Crippen molar-refractivity contribution in [3.63, 3.8) is 0 Å². The SMILES string of the molecule is COc1ccccc1Oc1cc(NC(=O)c2nn(C)c(C)c2Cl)cc([N+](=O)[O-])c1. The molecule has 150 valence electrons. The first-order chi connectivity index (χ1) is 13.8. The van der Waals surface area contributed by atoms with E-state index in [0.29, 0.717) is 17.2 Å². The number of aromatic nitrogens is 2. The normalized spacial score (nSPS) is 10.5. The Morgan fingerprint density at radius 3 is 2.52 bits per heavy atom. The molecule has 0 bridgehead atoms. The standard InChI is InChI=1S/C19H17ClN4O5/c1-11-17(20)18(22-23(11)2)19(25)21-12-8-13(24(26)27)10-14(9-12)29-16-7-5-4-6-15(16)28-3/h4-10H,1-3H3,(H,21,25). The lowest BCUT2D eigenvalue weighted by Gasteiger charge is -2.11. The Bertz CT molecular complexity index is 1100. The zero-order chi connectivity index (χ0) is 21.1. The number of benzene rings is 2. The second-order valence-corrected chi connectivity index (χ2v) is 6.43. The first-order valence-electron chi connectivity index (χ1n) is 8.41. The summed E-state index contributed by atoms with van der Waals surface area (Å²) in [5, 5.41) is 18.2. The van der Waals surface area contributed by atoms with Crippen molar-refractivity contribution < 1.29 is 19.2 Å². The van der Waals surface area contributed by atoms with Gasteiger partial charge in [-0.15, -0.1) is 0 Å². The predicted molar refractivity (Wildman–Crippen MR) is 107 cm³/mol. The number of carbonyl (C=O) groups is 1. The number of nitrogens with one attached hydrogen (secondary N) is 1. The van der Waals surface area contributed by atoms with Gasteiger partial charge in [-0.1, -0.05) is 23.7 Å². The largest absolute Gasteiger partial charge is 0.493 e. The van der Waals surface area contributed by atoms with E-state index in [-0.39, 0.29) is 27.8 Å². The Morgan fingerprint density at radius 2 is 1.93 bits per heavy atom. The van der Waals surface area contributed by atoms with Gasteiger partial charge in [0.2, 0.25) is 0 Å². The van der Waals surface area contributed by atoms with Crippen molar-refractivity contribution in [2.24, 2.45) is 7.05 Å². The number of anilines is 1. The van der Waals surface area contributed by atoms with E-state index < -0.39 is 10.8 Å². The molecule has 0 aliphatic heterocycles. The van der Waals surface area contributed by atoms with Crippen molar-refractivity contribution in [2.75, 3.05) is 12.4 Å². The van der Waals surface area contributed by atoms with Crippen LogP contribution in [0.1, 0.15) is 16.2 Å². The highest BCUT2D eigenvalue weighted by molar-refractivity contribution is 6.34. The van der Waals surface area contributed by atoms with E-state index in [9.17, 15) is 14.9 Å². The third kappa shape index (κ3) is 4.30. The summed E-state index contributed by atoms with van der Waals surface area (Å²) >= 11 is 6.14. The van der Waals surface area contributed by atoms with Crippen LogP contribution in [0.5, 0.6) is 17.2 Å². The number of halogens is 1. The molecule has 10 heteroatoms. The molecule has 0 saturated heterocycles. The van der Waals surface area contributed by atoms with Crippen molar-refractivity contribution in [1.29, 1.82) is 0 Å². The predicted octanol–water partition coefficient (Wildman–Crippen LogP) is 4.34. The van der Waals surface area contributed by atoms with Crippen molar-refractivity contribution >= 4 is 28.9 Å². The maximum Gasteiger partial charge on any atom is 0.277 e. The smallest absolute Gasteiger partial charge is 0.277 e. The lowest BCUT2D eigenvalue weighted by molar-refractivity contribution is -0.384. The summed E-state index contributed by atoms with van der Waals surface area (Å²) in [5.74, 6) is 0.390. The minimum absolute atomic E-state index is 0.0189. The van der Waals surface area contributed by atoms with Crippen molar-refractivity contribution in [3.05, 3.63) is 69.0 Å². The first-order valence-corrected chi connectivity index (χ1v) is 8.78. The molecule has 0 saturated carbocycles. The first kappa shape index (κ1) is 20.2. The summed E-state index contributed by atoms with van der Waals surface area (Å²) in [7, 11) is 3.14. The molecule has 0 fully saturated rings. The molecule has 0 radical (unpaired) electrons. The monoisotopic (exact) mass is 416 g/mol. The average Bonchev–Trinajstić information content (AvgIpc) is 2.95. The molecule has 1 aromatic heterocycles. The number of para-hydroxylation sites is 2. The molecule has 0 spiro atoms. The van der Waals surface area contributed by atoms with Crippen LogP contribution in [0.3, 0.4) is 0 Å². The summed E-state index contributed by atoms with van der Waals surface area (Å²) < 4.78 is 12.4. The van der Waals surface area contributed by atoms with Gasteiger partial charge < -0.3 is 14.8 Å². The Balaban J connectivity index is 1.93. The number of aryl methyl sites for hydroxylation is 1. The van der Waals surface area contributed by atoms with E-state index in [1.54, 1.807) is 38.2 Å². The van der Waals surface area contributed by atoms with Gasteiger partial charge in [0, 0.05) is 19.2 Å². The number of nitro groups is 1. The van der Waals surface area contributed by atoms with Crippen LogP contribution >= 0.6 is 11.6 Å². The highest BCUT2D eigenvalue weighted by Gasteiger charge is 2.20. The zero-order valence-electron chi connectivity index (χ0n) is 15.8. The summed E-state index contributed by atoms with van der Waals surface area (Å²) in [4.78, 5) is 23.3. The third-order valence-corrected chi connectivity index (χ3v) is 4.59. The Kier molecular flexibility index (Phi) is 5.69. The quantitative estimate of drug-likeness (QED) is 0.472. The second-order valence-electron chi connectivity index (χ2n) is 6.05. The van der Waals surface area contributed by atoms with Crippen molar-refractivity contribution in [1.82, 2.24) is 9.78 Å². The molecule has 3 rings (SSSR count). The molecular formula is C19H17ClN4O5. The van der Waals surface area contributed by atoms with Gasteiger partial charge in [-0.2, -0.15) is 5.10 Å². The van der Waals surface area contributed by atoms with Crippen LogP contribution in [0.4, 0.5) is 11.4 Å². The van der Waals surface area contributed by atoms with E-state index in [2.05, 4.69) is 10.4 Å². The van der Waals surface area contributed by atoms with Gasteiger partial charge in [0.25, 0.3) is 11.6 Å². The lowest BCUT2D eigenvalue weighted by Crippen LogP contribution is -2.13. The Hall–Kier alpha value is -3.59. The molecule has 1 N–H and O–H groups in total. The highest BCUT2D eigenvalue weighted by atomic mass is 35.5. The summed E-state index contributed by atoms with van der Waals surface area (Å²) in [6.45, 7) is 1.72. The van der Waals surface area contributed by atoms with Crippen LogP contribution in [0.2, 0.25) is 5.02 Å². The fourth-order valence-electron chi connectivity index (χ4n) is 2.57. The lowest BCUT2D eigenvalue weighted by atomic mass is 10.2. The van der Waals surface area contributed by atoms with Crippen LogP contribution in [-0.2, 0) is 7.05 Å². The topological polar surface area (TPSA) is 109 Å². The van der Waals surface area contributed by atoms with E-state index in [4.69, 9.17) is 21.1 Å². The molecule has 0 atom stereocenters. The maximum atomic E-state index is 12.5. The number of ether oxygens (including phenoxy) is 2. The van der Waals surface area contributed by atoms with Gasteiger partial charge in [-0.05, 0) is 19.1 Å². The molecule has 1 amide bonds. The third-order valence-electron chi connectivity index (χ3n) is 4.13. The number of non-ortho nitro benzene ring substituents is 1. The summed E-state index contributed by atoms with van der Waals surface area (Å²) in [5.41, 5.74) is 0.547. The molecular weight excluding hydrogens is 400 g/mol. The van der Waals surface area contributed by atoms with E-state index in [1.807, 2.05) is 0 Å². The number of rotatable bonds is 6. The van der Waals surface area contributed by atoms with E-state index in [0.717, 1.165) is 0 Å². The molecule has 1 heterocycles. The van der Waals surface area contributed by atoms with Gasteiger partial charge in [-0.3, -0.25) is 19.6 Å².